The zero-order chi connectivity index (χ0) is 15.4. The molecule has 5 heteroatoms. The third-order valence-electron chi connectivity index (χ3n) is 4.75. The van der Waals surface area contributed by atoms with Crippen LogP contribution >= 0.6 is 0 Å². The average molecular weight is 302 g/mol. The van der Waals surface area contributed by atoms with Gasteiger partial charge in [-0.2, -0.15) is 0 Å². The topological polar surface area (TPSA) is 66.9 Å². The summed E-state index contributed by atoms with van der Waals surface area (Å²) in [5, 5.41) is 6.55. The molecule has 0 spiro atoms. The molecule has 1 aromatic heterocycles. The van der Waals surface area contributed by atoms with Crippen LogP contribution in [0.4, 0.5) is 0 Å². The van der Waals surface area contributed by atoms with Gasteiger partial charge in [0.1, 0.15) is 11.5 Å². The molecule has 2 heterocycles. The molecule has 1 amide bonds. The summed E-state index contributed by atoms with van der Waals surface area (Å²) < 4.78 is 0. The molecule has 1 saturated carbocycles. The van der Waals surface area contributed by atoms with Gasteiger partial charge in [0, 0.05) is 24.2 Å². The molecule has 1 aromatic rings. The minimum absolute atomic E-state index is 0.0394. The fourth-order valence-electron chi connectivity index (χ4n) is 3.53. The number of piperidine rings is 1. The maximum atomic E-state index is 12.5. The van der Waals surface area contributed by atoms with Gasteiger partial charge in [-0.15, -0.1) is 0 Å². The molecule has 120 valence electrons. The van der Waals surface area contributed by atoms with E-state index in [1.54, 1.807) is 0 Å². The molecule has 2 N–H and O–H groups in total. The number of amides is 1. The predicted octanol–water partition coefficient (Wildman–Crippen LogP) is 2.31. The summed E-state index contributed by atoms with van der Waals surface area (Å²) in [6.07, 6.45) is 8.20. The number of nitrogens with one attached hydrogen (secondary N) is 2. The van der Waals surface area contributed by atoms with E-state index in [1.165, 1.54) is 19.3 Å². The lowest BCUT2D eigenvalue weighted by molar-refractivity contribution is 0.0922. The first kappa shape index (κ1) is 15.4. The Morgan fingerprint density at radius 2 is 2.00 bits per heavy atom. The van der Waals surface area contributed by atoms with Crippen LogP contribution < -0.4 is 10.6 Å². The SMILES string of the molecule is Cc1nc(C(=O)NC2CCCCC2)cc(C2CCCNC2)n1. The molecule has 1 aliphatic carbocycles. The van der Waals surface area contributed by atoms with Gasteiger partial charge in [0.05, 0.1) is 0 Å². The first-order valence-electron chi connectivity index (χ1n) is 8.59. The van der Waals surface area contributed by atoms with Gasteiger partial charge in [0.15, 0.2) is 0 Å². The summed E-state index contributed by atoms with van der Waals surface area (Å²) >= 11 is 0. The van der Waals surface area contributed by atoms with E-state index >= 15 is 0 Å². The summed E-state index contributed by atoms with van der Waals surface area (Å²) in [4.78, 5) is 21.4. The van der Waals surface area contributed by atoms with Gasteiger partial charge in [-0.3, -0.25) is 4.79 Å². The summed E-state index contributed by atoms with van der Waals surface area (Å²) in [6.45, 7) is 3.90. The Morgan fingerprint density at radius 1 is 1.18 bits per heavy atom. The summed E-state index contributed by atoms with van der Waals surface area (Å²) in [7, 11) is 0. The molecule has 2 aliphatic rings. The van der Waals surface area contributed by atoms with Gasteiger partial charge >= 0.3 is 0 Å². The van der Waals surface area contributed by atoms with Crippen LogP contribution in [0.2, 0.25) is 0 Å². The first-order chi connectivity index (χ1) is 10.7. The van der Waals surface area contributed by atoms with E-state index < -0.39 is 0 Å². The zero-order valence-electron chi connectivity index (χ0n) is 13.4. The van der Waals surface area contributed by atoms with E-state index in [4.69, 9.17) is 0 Å². The van der Waals surface area contributed by atoms with E-state index in [2.05, 4.69) is 20.6 Å². The van der Waals surface area contributed by atoms with Crippen LogP contribution in [0.3, 0.4) is 0 Å². The second kappa shape index (κ2) is 7.18. The maximum absolute atomic E-state index is 12.5. The van der Waals surface area contributed by atoms with Crippen LogP contribution in [-0.2, 0) is 0 Å². The number of rotatable bonds is 3. The largest absolute Gasteiger partial charge is 0.348 e. The van der Waals surface area contributed by atoms with Crippen LogP contribution in [0.1, 0.15) is 72.9 Å². The Hall–Kier alpha value is -1.49. The minimum atomic E-state index is -0.0394. The second-order valence-electron chi connectivity index (χ2n) is 6.58. The van der Waals surface area contributed by atoms with Crippen LogP contribution in [0.5, 0.6) is 0 Å². The lowest BCUT2D eigenvalue weighted by Crippen LogP contribution is -2.37. The normalized spacial score (nSPS) is 23.2. The molecule has 3 rings (SSSR count). The van der Waals surface area contributed by atoms with Crippen molar-refractivity contribution in [1.29, 1.82) is 0 Å². The van der Waals surface area contributed by atoms with Gasteiger partial charge in [0.25, 0.3) is 5.91 Å². The van der Waals surface area contributed by atoms with Crippen LogP contribution in [-0.4, -0.2) is 35.0 Å². The summed E-state index contributed by atoms with van der Waals surface area (Å²) in [5.41, 5.74) is 1.53. The van der Waals surface area contributed by atoms with E-state index in [-0.39, 0.29) is 5.91 Å². The highest BCUT2D eigenvalue weighted by atomic mass is 16.1. The molecule has 0 radical (unpaired) electrons. The number of hydrogen-bond acceptors (Lipinski definition) is 4. The van der Waals surface area contributed by atoms with Crippen LogP contribution in [0, 0.1) is 6.92 Å². The highest BCUT2D eigenvalue weighted by molar-refractivity contribution is 5.92. The number of carbonyl (C=O) groups is 1. The Kier molecular flexibility index (Phi) is 5.03. The molecule has 1 saturated heterocycles. The van der Waals surface area contributed by atoms with Crippen molar-refractivity contribution < 1.29 is 4.79 Å². The van der Waals surface area contributed by atoms with Crippen molar-refractivity contribution in [3.63, 3.8) is 0 Å². The fraction of sp³-hybridized carbons (Fsp3) is 0.706. The third-order valence-corrected chi connectivity index (χ3v) is 4.75. The quantitative estimate of drug-likeness (QED) is 0.899. The first-order valence-corrected chi connectivity index (χ1v) is 8.59. The lowest BCUT2D eigenvalue weighted by Gasteiger charge is -2.24. The van der Waals surface area contributed by atoms with Crippen LogP contribution in [0.25, 0.3) is 0 Å². The van der Waals surface area contributed by atoms with Crippen molar-refractivity contribution in [2.45, 2.75) is 63.8 Å². The highest BCUT2D eigenvalue weighted by Crippen LogP contribution is 2.22. The molecule has 2 fully saturated rings. The molecular weight excluding hydrogens is 276 g/mol. The van der Waals surface area contributed by atoms with Crippen LogP contribution in [0.15, 0.2) is 6.07 Å². The van der Waals surface area contributed by atoms with Crippen molar-refractivity contribution in [3.8, 4) is 0 Å². The fourth-order valence-corrected chi connectivity index (χ4v) is 3.53. The van der Waals surface area contributed by atoms with Crippen molar-refractivity contribution in [3.05, 3.63) is 23.3 Å². The van der Waals surface area contributed by atoms with Gasteiger partial charge in [-0.05, 0) is 45.2 Å². The number of nitrogens with zero attached hydrogens (tertiary/aromatic N) is 2. The number of aryl methyl sites for hydroxylation is 1. The molecular formula is C17H26N4O. The predicted molar refractivity (Wildman–Crippen MR) is 86.0 cm³/mol. The average Bonchev–Trinajstić information content (AvgIpc) is 2.56. The minimum Gasteiger partial charge on any atom is -0.348 e. The Morgan fingerprint density at radius 3 is 2.73 bits per heavy atom. The molecule has 0 bridgehead atoms. The van der Waals surface area contributed by atoms with E-state index in [9.17, 15) is 4.79 Å². The van der Waals surface area contributed by atoms with Crippen molar-refractivity contribution in [1.82, 2.24) is 20.6 Å². The zero-order valence-corrected chi connectivity index (χ0v) is 13.4. The summed E-state index contributed by atoms with van der Waals surface area (Å²) in [6, 6.07) is 2.21. The smallest absolute Gasteiger partial charge is 0.270 e. The molecule has 5 nitrogen and oxygen atoms in total. The molecule has 1 aliphatic heterocycles. The van der Waals surface area contributed by atoms with E-state index in [1.807, 2.05) is 13.0 Å². The number of aromatic nitrogens is 2. The molecule has 0 aromatic carbocycles. The molecule has 1 unspecified atom stereocenters. The number of hydrogen-bond donors (Lipinski definition) is 2. The Labute approximate surface area is 132 Å². The van der Waals surface area contributed by atoms with Gasteiger partial charge in [-0.1, -0.05) is 19.3 Å². The van der Waals surface area contributed by atoms with Gasteiger partial charge < -0.3 is 10.6 Å². The van der Waals surface area contributed by atoms with Gasteiger partial charge in [-0.25, -0.2) is 9.97 Å². The van der Waals surface area contributed by atoms with Gasteiger partial charge in [0.2, 0.25) is 0 Å². The van der Waals surface area contributed by atoms with E-state index in [0.29, 0.717) is 23.5 Å². The summed E-state index contributed by atoms with van der Waals surface area (Å²) in [5.74, 6) is 1.05. The van der Waals surface area contributed by atoms with Crippen molar-refractivity contribution in [2.24, 2.45) is 0 Å². The monoisotopic (exact) mass is 302 g/mol. The lowest BCUT2D eigenvalue weighted by atomic mass is 9.94. The Bertz CT molecular complexity index is 519. The standard InChI is InChI=1S/C17H26N4O/c1-12-19-15(13-6-5-9-18-11-13)10-16(20-12)17(22)21-14-7-3-2-4-8-14/h10,13-14,18H,2-9,11H2,1H3,(H,21,22). The molecule has 1 atom stereocenters. The maximum Gasteiger partial charge on any atom is 0.270 e. The molecule has 22 heavy (non-hydrogen) atoms. The highest BCUT2D eigenvalue weighted by Gasteiger charge is 2.21. The Balaban J connectivity index is 1.71. The number of carbonyl (C=O) groups excluding carboxylic acids is 1. The second-order valence-corrected chi connectivity index (χ2v) is 6.58. The van der Waals surface area contributed by atoms with Crippen molar-refractivity contribution >= 4 is 5.91 Å². The van der Waals surface area contributed by atoms with Crippen molar-refractivity contribution in [2.75, 3.05) is 13.1 Å². The van der Waals surface area contributed by atoms with E-state index in [0.717, 1.165) is 44.5 Å². The third kappa shape index (κ3) is 3.83.